The van der Waals surface area contributed by atoms with E-state index >= 15 is 0 Å². The number of rotatable bonds is 11. The molecule has 0 spiro atoms. The van der Waals surface area contributed by atoms with E-state index in [1.165, 1.54) is 17.0 Å². The Hall–Kier alpha value is -3.92. The zero-order valence-electron chi connectivity index (χ0n) is 24.3. The molecule has 1 atom stereocenters. The van der Waals surface area contributed by atoms with Crippen LogP contribution in [0.25, 0.3) is 0 Å². The van der Waals surface area contributed by atoms with E-state index in [1.54, 1.807) is 56.5 Å². The molecule has 1 aliphatic carbocycles. The predicted molar refractivity (Wildman–Crippen MR) is 160 cm³/mol. The van der Waals surface area contributed by atoms with Gasteiger partial charge in [0.2, 0.25) is 11.8 Å². The fourth-order valence-corrected chi connectivity index (χ4v) is 6.51. The number of anilines is 1. The van der Waals surface area contributed by atoms with Gasteiger partial charge in [-0.15, -0.1) is 0 Å². The largest absolute Gasteiger partial charge is 0.497 e. The number of hydrogen-bond donors (Lipinski definition) is 1. The van der Waals surface area contributed by atoms with Gasteiger partial charge < -0.3 is 15.0 Å². The number of ether oxygens (including phenoxy) is 1. The van der Waals surface area contributed by atoms with Gasteiger partial charge in [-0.1, -0.05) is 49.1 Å². The van der Waals surface area contributed by atoms with Crippen LogP contribution in [-0.4, -0.2) is 50.9 Å². The topological polar surface area (TPSA) is 96.0 Å². The van der Waals surface area contributed by atoms with E-state index in [2.05, 4.69) is 5.32 Å². The number of carbonyl (C=O) groups excluding carboxylic acids is 2. The van der Waals surface area contributed by atoms with Crippen LogP contribution >= 0.6 is 0 Å². The average molecular weight is 596 g/mol. The van der Waals surface area contributed by atoms with Gasteiger partial charge in [0.1, 0.15) is 24.2 Å². The summed E-state index contributed by atoms with van der Waals surface area (Å²) in [4.78, 5) is 28.7. The highest BCUT2D eigenvalue weighted by atomic mass is 32.2. The van der Waals surface area contributed by atoms with E-state index in [4.69, 9.17) is 4.74 Å². The lowest BCUT2D eigenvalue weighted by atomic mass is 9.95. The summed E-state index contributed by atoms with van der Waals surface area (Å²) < 4.78 is 47.7. The molecule has 42 heavy (non-hydrogen) atoms. The number of nitrogens with zero attached hydrogens (tertiary/aromatic N) is 2. The van der Waals surface area contributed by atoms with Crippen molar-refractivity contribution in [3.63, 3.8) is 0 Å². The quantitative estimate of drug-likeness (QED) is 0.329. The average Bonchev–Trinajstić information content (AvgIpc) is 2.99. The van der Waals surface area contributed by atoms with E-state index in [9.17, 15) is 22.4 Å². The zero-order valence-corrected chi connectivity index (χ0v) is 25.1. The minimum Gasteiger partial charge on any atom is -0.497 e. The lowest BCUT2D eigenvalue weighted by Crippen LogP contribution is -2.53. The maximum atomic E-state index is 14.1. The fourth-order valence-electron chi connectivity index (χ4n) is 5.09. The lowest BCUT2D eigenvalue weighted by molar-refractivity contribution is -0.139. The summed E-state index contributed by atoms with van der Waals surface area (Å²) in [5.41, 5.74) is 1.92. The van der Waals surface area contributed by atoms with Crippen LogP contribution in [0.4, 0.5) is 10.1 Å². The zero-order chi connectivity index (χ0) is 30.3. The number of nitrogens with one attached hydrogen (secondary N) is 1. The van der Waals surface area contributed by atoms with Crippen LogP contribution in [0.3, 0.4) is 0 Å². The first-order chi connectivity index (χ1) is 20.1. The summed E-state index contributed by atoms with van der Waals surface area (Å²) >= 11 is 0. The highest BCUT2D eigenvalue weighted by Gasteiger charge is 2.33. The van der Waals surface area contributed by atoms with Gasteiger partial charge in [-0.2, -0.15) is 0 Å². The van der Waals surface area contributed by atoms with E-state index in [0.717, 1.165) is 59.7 Å². The fraction of sp³-hybridized carbons (Fsp3) is 0.375. The first-order valence-electron chi connectivity index (χ1n) is 14.2. The Morgan fingerprint density at radius 3 is 2.31 bits per heavy atom. The number of sulfonamides is 1. The summed E-state index contributed by atoms with van der Waals surface area (Å²) in [6.07, 6.45) is 5.00. The SMILES string of the molecule is COc1cccc(CN(C(=O)CN(c2ccc(C)cc2)S(=O)(=O)c2ccc(F)cc2)[C@@H](C)C(=O)NC2CCCCC2)c1. The van der Waals surface area contributed by atoms with Crippen molar-refractivity contribution in [2.75, 3.05) is 18.0 Å². The lowest BCUT2D eigenvalue weighted by Gasteiger charge is -2.33. The Morgan fingerprint density at radius 1 is 1.00 bits per heavy atom. The molecule has 4 rings (SSSR count). The van der Waals surface area contributed by atoms with Crippen molar-refractivity contribution in [1.29, 1.82) is 0 Å². The van der Waals surface area contributed by atoms with Crippen molar-refractivity contribution >= 4 is 27.5 Å². The minimum atomic E-state index is -4.27. The summed E-state index contributed by atoms with van der Waals surface area (Å²) in [5.74, 6) is -0.828. The number of hydrogen-bond acceptors (Lipinski definition) is 5. The monoisotopic (exact) mass is 595 g/mol. The van der Waals surface area contributed by atoms with Gasteiger partial charge in [0.25, 0.3) is 10.0 Å². The van der Waals surface area contributed by atoms with Gasteiger partial charge >= 0.3 is 0 Å². The second-order valence-electron chi connectivity index (χ2n) is 10.7. The van der Waals surface area contributed by atoms with Crippen LogP contribution in [0.2, 0.25) is 0 Å². The summed E-state index contributed by atoms with van der Waals surface area (Å²) in [5, 5.41) is 3.09. The van der Waals surface area contributed by atoms with Crippen LogP contribution in [0, 0.1) is 12.7 Å². The van der Waals surface area contributed by atoms with Crippen molar-refractivity contribution in [3.05, 3.63) is 89.7 Å². The molecule has 2 amide bonds. The second-order valence-corrected chi connectivity index (χ2v) is 12.6. The molecule has 1 aliphatic rings. The van der Waals surface area contributed by atoms with Crippen LogP contribution < -0.4 is 14.4 Å². The Balaban J connectivity index is 1.68. The van der Waals surface area contributed by atoms with E-state index < -0.39 is 34.3 Å². The molecular weight excluding hydrogens is 557 g/mol. The maximum Gasteiger partial charge on any atom is 0.264 e. The van der Waals surface area contributed by atoms with E-state index in [1.807, 2.05) is 13.0 Å². The molecule has 1 fully saturated rings. The molecule has 3 aromatic rings. The number of halogens is 1. The number of carbonyl (C=O) groups is 2. The smallest absolute Gasteiger partial charge is 0.264 e. The van der Waals surface area contributed by atoms with Crippen molar-refractivity contribution in [2.24, 2.45) is 0 Å². The Morgan fingerprint density at radius 2 is 1.67 bits per heavy atom. The first-order valence-corrected chi connectivity index (χ1v) is 15.6. The number of amides is 2. The summed E-state index contributed by atoms with van der Waals surface area (Å²) in [6.45, 7) is 3.03. The molecule has 0 heterocycles. The highest BCUT2D eigenvalue weighted by Crippen LogP contribution is 2.26. The number of aryl methyl sites for hydroxylation is 1. The van der Waals surface area contributed by atoms with Gasteiger partial charge in [-0.3, -0.25) is 13.9 Å². The first kappa shape index (κ1) is 31.0. The second kappa shape index (κ2) is 13.8. The molecule has 3 aromatic carbocycles. The maximum absolute atomic E-state index is 14.1. The van der Waals surface area contributed by atoms with Gasteiger partial charge in [0.05, 0.1) is 17.7 Å². The van der Waals surface area contributed by atoms with Crippen molar-refractivity contribution in [1.82, 2.24) is 10.2 Å². The number of benzene rings is 3. The van der Waals surface area contributed by atoms with Crippen molar-refractivity contribution < 1.29 is 27.1 Å². The van der Waals surface area contributed by atoms with Crippen LogP contribution in [-0.2, 0) is 26.2 Å². The van der Waals surface area contributed by atoms with Gasteiger partial charge in [0, 0.05) is 12.6 Å². The van der Waals surface area contributed by atoms with Crippen molar-refractivity contribution in [2.45, 2.75) is 69.5 Å². The Bertz CT molecular complexity index is 1470. The Labute approximate surface area is 247 Å². The number of methoxy groups -OCH3 is 1. The minimum absolute atomic E-state index is 0.0467. The third-order valence-corrected chi connectivity index (χ3v) is 9.40. The standard InChI is InChI=1S/C32H38FN3O5S/c1-23-12-16-28(17-13-23)36(42(39,40)30-18-14-26(33)15-19-30)22-31(37)35(21-25-8-7-11-29(20-25)41-3)24(2)32(38)34-27-9-5-4-6-10-27/h7-8,11-20,24,27H,4-6,9-10,21-22H2,1-3H3,(H,34,38)/t24-/m0/s1. The van der Waals surface area contributed by atoms with Crippen LogP contribution in [0.5, 0.6) is 5.75 Å². The Kier molecular flexibility index (Phi) is 10.2. The van der Waals surface area contributed by atoms with Crippen LogP contribution in [0.15, 0.2) is 77.7 Å². The third-order valence-electron chi connectivity index (χ3n) is 7.61. The molecule has 0 aliphatic heterocycles. The van der Waals surface area contributed by atoms with E-state index in [0.29, 0.717) is 5.75 Å². The van der Waals surface area contributed by atoms with Crippen LogP contribution in [0.1, 0.15) is 50.2 Å². The third kappa shape index (κ3) is 7.67. The normalized spacial score (nSPS) is 14.6. The van der Waals surface area contributed by atoms with Gasteiger partial charge in [-0.25, -0.2) is 12.8 Å². The molecule has 0 radical (unpaired) electrons. The highest BCUT2D eigenvalue weighted by molar-refractivity contribution is 7.92. The predicted octanol–water partition coefficient (Wildman–Crippen LogP) is 5.20. The molecule has 0 saturated heterocycles. The molecule has 10 heteroatoms. The van der Waals surface area contributed by atoms with Gasteiger partial charge in [0.15, 0.2) is 0 Å². The molecular formula is C32H38FN3O5S. The van der Waals surface area contributed by atoms with E-state index in [-0.39, 0.29) is 29.1 Å². The molecule has 0 bridgehead atoms. The summed E-state index contributed by atoms with van der Waals surface area (Å²) in [7, 11) is -2.72. The summed E-state index contributed by atoms with van der Waals surface area (Å²) in [6, 6.07) is 17.6. The van der Waals surface area contributed by atoms with Gasteiger partial charge in [-0.05, 0) is 80.8 Å². The molecule has 8 nitrogen and oxygen atoms in total. The molecule has 1 N–H and O–H groups in total. The molecule has 0 aromatic heterocycles. The molecule has 0 unspecified atom stereocenters. The molecule has 1 saturated carbocycles. The molecule has 224 valence electrons. The van der Waals surface area contributed by atoms with Crippen molar-refractivity contribution in [3.8, 4) is 5.75 Å².